The molecule has 14 heavy (non-hydrogen) atoms. The smallest absolute Gasteiger partial charge is 0.127 e. The zero-order chi connectivity index (χ0) is 11.0. The number of methoxy groups -OCH3 is 1. The van der Waals surface area contributed by atoms with E-state index >= 15 is 0 Å². The van der Waals surface area contributed by atoms with Gasteiger partial charge in [0.2, 0.25) is 0 Å². The lowest BCUT2D eigenvalue weighted by Crippen LogP contribution is -2.02. The Kier molecular flexibility index (Phi) is 6.54. The summed E-state index contributed by atoms with van der Waals surface area (Å²) in [5, 5.41) is 0. The topological polar surface area (TPSA) is 26.3 Å². The summed E-state index contributed by atoms with van der Waals surface area (Å²) in [5.74, 6) is 0.844. The minimum atomic E-state index is 0.844. The van der Waals surface area contributed by atoms with Crippen molar-refractivity contribution in [2.45, 2.75) is 26.7 Å². The summed E-state index contributed by atoms with van der Waals surface area (Å²) in [6, 6.07) is 0. The number of rotatable bonds is 3. The van der Waals surface area contributed by atoms with Gasteiger partial charge < -0.3 is 10.2 Å². The molecule has 0 heterocycles. The lowest BCUT2D eigenvalue weighted by atomic mass is 10.1. The van der Waals surface area contributed by atoms with Crippen LogP contribution in [0.25, 0.3) is 5.43 Å². The Morgan fingerprint density at radius 2 is 1.93 bits per heavy atom. The van der Waals surface area contributed by atoms with Gasteiger partial charge in [-0.3, -0.25) is 4.68 Å². The molecule has 0 radical (unpaired) electrons. The summed E-state index contributed by atoms with van der Waals surface area (Å²) in [4.78, 5) is 0. The van der Waals surface area contributed by atoms with Gasteiger partial charge in [-0.15, -0.1) is 0 Å². The molecule has 0 aromatic carbocycles. The van der Waals surface area contributed by atoms with Crippen LogP contribution in [-0.2, 0) is 4.74 Å². The number of ether oxygens (including phenoxy) is 1. The molecule has 3 nitrogen and oxygen atoms in total. The van der Waals surface area contributed by atoms with Gasteiger partial charge in [-0.05, 0) is 24.6 Å². The Hall–Kier alpha value is -1.25. The number of hydrogen-bond donors (Lipinski definition) is 0. The first-order valence-electron chi connectivity index (χ1n) is 4.94. The lowest BCUT2D eigenvalue weighted by molar-refractivity contribution is -0.431. The summed E-state index contributed by atoms with van der Waals surface area (Å²) in [7, 11) is 3.45. The highest BCUT2D eigenvalue weighted by atomic mass is 16.5. The van der Waals surface area contributed by atoms with Crippen LogP contribution in [-0.4, -0.2) is 25.6 Å². The fourth-order valence-electron chi connectivity index (χ4n) is 1.10. The van der Waals surface area contributed by atoms with Crippen LogP contribution in [0.2, 0.25) is 0 Å². The minimum absolute atomic E-state index is 0.844. The van der Waals surface area contributed by atoms with E-state index < -0.39 is 0 Å². The van der Waals surface area contributed by atoms with Crippen LogP contribution in [0.4, 0.5) is 0 Å². The number of nitrogens with zero attached hydrogens (tertiary/aromatic N) is 2. The van der Waals surface area contributed by atoms with Crippen LogP contribution >= 0.6 is 0 Å². The summed E-state index contributed by atoms with van der Waals surface area (Å²) < 4.78 is 6.68. The molecule has 0 aromatic rings. The average Bonchev–Trinajstić information content (AvgIpc) is 2.21. The van der Waals surface area contributed by atoms with Gasteiger partial charge >= 0.3 is 0 Å². The second-order valence-electron chi connectivity index (χ2n) is 2.70. The molecule has 0 fully saturated rings. The Balaban J connectivity index is 0.000000791. The van der Waals surface area contributed by atoms with Crippen molar-refractivity contribution in [3.63, 3.8) is 0 Å². The molecule has 0 atom stereocenters. The van der Waals surface area contributed by atoms with E-state index in [0.717, 1.165) is 24.3 Å². The van der Waals surface area contributed by atoms with Crippen molar-refractivity contribution in [3.05, 3.63) is 29.0 Å². The Morgan fingerprint density at radius 1 is 1.36 bits per heavy atom. The fourth-order valence-corrected chi connectivity index (χ4v) is 1.10. The van der Waals surface area contributed by atoms with Gasteiger partial charge in [0.05, 0.1) is 7.11 Å². The lowest BCUT2D eigenvalue weighted by Gasteiger charge is -2.22. The first kappa shape index (κ1) is 12.8. The highest BCUT2D eigenvalue weighted by molar-refractivity contribution is 5.35. The van der Waals surface area contributed by atoms with Crippen molar-refractivity contribution in [3.8, 4) is 0 Å². The molecule has 0 amide bonds. The monoisotopic (exact) mass is 196 g/mol. The predicted octanol–water partition coefficient (Wildman–Crippen LogP) is 2.85. The molecule has 0 unspecified atom stereocenters. The van der Waals surface area contributed by atoms with Crippen molar-refractivity contribution >= 4 is 6.72 Å². The van der Waals surface area contributed by atoms with Crippen LogP contribution in [0.1, 0.15) is 26.7 Å². The second-order valence-corrected chi connectivity index (χ2v) is 2.70. The van der Waals surface area contributed by atoms with Crippen LogP contribution in [0.15, 0.2) is 23.6 Å². The molecule has 1 aliphatic rings. The maximum absolute atomic E-state index is 5.15. The molecule has 0 aromatic heterocycles. The molecule has 0 aliphatic heterocycles. The quantitative estimate of drug-likeness (QED) is 0.387. The maximum Gasteiger partial charge on any atom is 0.127 e. The molecule has 0 N–H and O–H groups in total. The highest BCUT2D eigenvalue weighted by Crippen LogP contribution is 2.23. The molecule has 0 spiro atoms. The first-order valence-corrected chi connectivity index (χ1v) is 4.94. The zero-order valence-corrected chi connectivity index (χ0v) is 9.58. The van der Waals surface area contributed by atoms with Gasteiger partial charge in [-0.1, -0.05) is 19.9 Å². The van der Waals surface area contributed by atoms with E-state index in [4.69, 9.17) is 4.74 Å². The normalized spacial score (nSPS) is 14.3. The molecule has 0 saturated heterocycles. The van der Waals surface area contributed by atoms with Crippen LogP contribution in [0.5, 0.6) is 0 Å². The molecular formula is C11H20N2O. The highest BCUT2D eigenvalue weighted by Gasteiger charge is 2.02. The second kappa shape index (κ2) is 7.18. The zero-order valence-electron chi connectivity index (χ0n) is 9.58. The van der Waals surface area contributed by atoms with E-state index in [-0.39, 0.29) is 0 Å². The van der Waals surface area contributed by atoms with Crippen LogP contribution in [0.3, 0.4) is 0 Å². The van der Waals surface area contributed by atoms with E-state index in [1.54, 1.807) is 14.2 Å². The number of allylic oxidation sites excluding steroid dienone is 2. The van der Waals surface area contributed by atoms with Crippen molar-refractivity contribution < 1.29 is 9.42 Å². The summed E-state index contributed by atoms with van der Waals surface area (Å²) in [6.45, 7) is 7.64. The standard InChI is InChI=1S/C9H14N2O.C2H6/c1-11(2)10-8-6-4-5-7-9(8)12-3;1-2/h6-7H,1,4-5H2,2-3H3;1-2H3. The van der Waals surface area contributed by atoms with Crippen LogP contribution in [0, 0.1) is 0 Å². The third kappa shape index (κ3) is 4.12. The van der Waals surface area contributed by atoms with E-state index in [1.165, 1.54) is 4.68 Å². The molecule has 0 saturated carbocycles. The van der Waals surface area contributed by atoms with Crippen LogP contribution < -0.4 is 0 Å². The molecule has 1 aliphatic carbocycles. The van der Waals surface area contributed by atoms with E-state index in [2.05, 4.69) is 18.2 Å². The van der Waals surface area contributed by atoms with Gasteiger partial charge in [0.1, 0.15) is 19.5 Å². The predicted molar refractivity (Wildman–Crippen MR) is 60.4 cm³/mol. The SMILES string of the molecule is C=[N+](C)[N-]C1=CCCC=C1OC.CC. The largest absolute Gasteiger partial charge is 0.498 e. The summed E-state index contributed by atoms with van der Waals surface area (Å²) in [5.41, 5.74) is 5.05. The third-order valence-corrected chi connectivity index (χ3v) is 1.58. The molecule has 0 bridgehead atoms. The van der Waals surface area contributed by atoms with Gasteiger partial charge in [-0.2, -0.15) is 0 Å². The van der Waals surface area contributed by atoms with Crippen molar-refractivity contribution in [2.24, 2.45) is 0 Å². The Morgan fingerprint density at radius 3 is 2.43 bits per heavy atom. The fraction of sp³-hybridized carbons (Fsp3) is 0.545. The Bertz CT molecular complexity index is 242. The summed E-state index contributed by atoms with van der Waals surface area (Å²) in [6.07, 6.45) is 6.16. The molecule has 1 rings (SSSR count). The number of hydrogen-bond acceptors (Lipinski definition) is 1. The van der Waals surface area contributed by atoms with Gasteiger partial charge in [-0.25, -0.2) is 0 Å². The van der Waals surface area contributed by atoms with Gasteiger partial charge in [0.15, 0.2) is 0 Å². The van der Waals surface area contributed by atoms with Crippen molar-refractivity contribution in [1.82, 2.24) is 0 Å². The Labute approximate surface area is 86.7 Å². The minimum Gasteiger partial charge on any atom is -0.498 e. The van der Waals surface area contributed by atoms with Crippen molar-refractivity contribution in [2.75, 3.05) is 14.2 Å². The van der Waals surface area contributed by atoms with Gasteiger partial charge in [0.25, 0.3) is 0 Å². The average molecular weight is 196 g/mol. The third-order valence-electron chi connectivity index (χ3n) is 1.58. The molecule has 80 valence electrons. The first-order chi connectivity index (χ1) is 6.74. The van der Waals surface area contributed by atoms with Crippen molar-refractivity contribution in [1.29, 1.82) is 0 Å². The van der Waals surface area contributed by atoms with E-state index in [0.29, 0.717) is 0 Å². The molecule has 3 heteroatoms. The van der Waals surface area contributed by atoms with E-state index in [1.807, 2.05) is 19.9 Å². The van der Waals surface area contributed by atoms with E-state index in [9.17, 15) is 0 Å². The van der Waals surface area contributed by atoms with Gasteiger partial charge in [0, 0.05) is 0 Å². The molecular weight excluding hydrogens is 176 g/mol. The summed E-state index contributed by atoms with van der Waals surface area (Å²) >= 11 is 0. The maximum atomic E-state index is 5.15.